The van der Waals surface area contributed by atoms with Gasteiger partial charge in [-0.3, -0.25) is 10.1 Å². The van der Waals surface area contributed by atoms with Crippen molar-refractivity contribution in [3.8, 4) is 0 Å². The standard InChI is InChI=1S/C14H18BrNO2/c1-9(10-5-7-12(15)8-6-10)16-13(11-3-4-11)14(17)18-2/h5-9,11,13,16H,3-4H2,1-2H3. The van der Waals surface area contributed by atoms with Crippen molar-refractivity contribution in [3.63, 3.8) is 0 Å². The molecule has 0 radical (unpaired) electrons. The van der Waals surface area contributed by atoms with Crippen LogP contribution in [0.15, 0.2) is 28.7 Å². The average molecular weight is 312 g/mol. The summed E-state index contributed by atoms with van der Waals surface area (Å²) in [4.78, 5) is 11.7. The third kappa shape index (κ3) is 3.33. The summed E-state index contributed by atoms with van der Waals surface area (Å²) in [5, 5.41) is 3.38. The van der Waals surface area contributed by atoms with Crippen LogP contribution in [0.2, 0.25) is 0 Å². The van der Waals surface area contributed by atoms with Crippen LogP contribution in [0.25, 0.3) is 0 Å². The van der Waals surface area contributed by atoms with E-state index in [2.05, 4.69) is 40.3 Å². The molecule has 0 heterocycles. The van der Waals surface area contributed by atoms with Gasteiger partial charge >= 0.3 is 5.97 Å². The molecule has 0 spiro atoms. The summed E-state index contributed by atoms with van der Waals surface area (Å²) in [5.74, 6) is 0.289. The lowest BCUT2D eigenvalue weighted by atomic mass is 10.1. The van der Waals surface area contributed by atoms with Gasteiger partial charge in [-0.25, -0.2) is 0 Å². The number of methoxy groups -OCH3 is 1. The van der Waals surface area contributed by atoms with Gasteiger partial charge in [-0.1, -0.05) is 28.1 Å². The number of carbonyl (C=O) groups excluding carboxylic acids is 1. The molecule has 2 unspecified atom stereocenters. The van der Waals surface area contributed by atoms with E-state index in [0.29, 0.717) is 5.92 Å². The maximum Gasteiger partial charge on any atom is 0.323 e. The Balaban J connectivity index is 2.02. The highest BCUT2D eigenvalue weighted by Gasteiger charge is 2.37. The molecule has 0 aromatic heterocycles. The molecule has 4 heteroatoms. The molecule has 18 heavy (non-hydrogen) atoms. The summed E-state index contributed by atoms with van der Waals surface area (Å²) in [7, 11) is 1.45. The van der Waals surface area contributed by atoms with E-state index in [0.717, 1.165) is 17.3 Å². The first-order valence-electron chi connectivity index (χ1n) is 6.21. The zero-order valence-corrected chi connectivity index (χ0v) is 12.2. The van der Waals surface area contributed by atoms with Gasteiger partial charge in [0.05, 0.1) is 7.11 Å². The Morgan fingerprint density at radius 2 is 2.00 bits per heavy atom. The molecule has 0 saturated heterocycles. The Labute approximate surface area is 116 Å². The molecule has 1 aliphatic carbocycles. The Kier molecular flexibility index (Phi) is 4.40. The number of benzene rings is 1. The first kappa shape index (κ1) is 13.6. The molecule has 0 aliphatic heterocycles. The van der Waals surface area contributed by atoms with Crippen LogP contribution < -0.4 is 5.32 Å². The first-order valence-corrected chi connectivity index (χ1v) is 7.00. The molecule has 1 aromatic carbocycles. The van der Waals surface area contributed by atoms with Crippen molar-refractivity contribution >= 4 is 21.9 Å². The Morgan fingerprint density at radius 3 is 2.50 bits per heavy atom. The fraction of sp³-hybridized carbons (Fsp3) is 0.500. The van der Waals surface area contributed by atoms with Gasteiger partial charge < -0.3 is 4.74 Å². The quantitative estimate of drug-likeness (QED) is 0.849. The lowest BCUT2D eigenvalue weighted by molar-refractivity contribution is -0.144. The van der Waals surface area contributed by atoms with E-state index in [9.17, 15) is 4.79 Å². The number of esters is 1. The Morgan fingerprint density at radius 1 is 1.39 bits per heavy atom. The topological polar surface area (TPSA) is 38.3 Å². The van der Waals surface area contributed by atoms with Gasteiger partial charge in [0.2, 0.25) is 0 Å². The second-order valence-corrected chi connectivity index (χ2v) is 5.69. The van der Waals surface area contributed by atoms with Crippen molar-refractivity contribution in [2.24, 2.45) is 5.92 Å². The van der Waals surface area contributed by atoms with E-state index in [1.807, 2.05) is 12.1 Å². The number of hydrogen-bond acceptors (Lipinski definition) is 3. The minimum absolute atomic E-state index is 0.141. The maximum atomic E-state index is 11.7. The van der Waals surface area contributed by atoms with Crippen LogP contribution in [-0.4, -0.2) is 19.1 Å². The fourth-order valence-electron chi connectivity index (χ4n) is 2.07. The molecule has 3 nitrogen and oxygen atoms in total. The van der Waals surface area contributed by atoms with E-state index in [-0.39, 0.29) is 18.1 Å². The molecule has 1 N–H and O–H groups in total. The number of nitrogens with one attached hydrogen (secondary N) is 1. The van der Waals surface area contributed by atoms with Crippen LogP contribution in [0.4, 0.5) is 0 Å². The predicted molar refractivity (Wildman–Crippen MR) is 74.2 cm³/mol. The summed E-state index contributed by atoms with van der Waals surface area (Å²) >= 11 is 3.42. The third-order valence-electron chi connectivity index (χ3n) is 3.35. The summed E-state index contributed by atoms with van der Waals surface area (Å²) in [6.07, 6.45) is 2.22. The third-order valence-corrected chi connectivity index (χ3v) is 3.88. The zero-order valence-electron chi connectivity index (χ0n) is 10.7. The van der Waals surface area contributed by atoms with Gasteiger partial charge in [0, 0.05) is 10.5 Å². The van der Waals surface area contributed by atoms with Gasteiger partial charge in [-0.15, -0.1) is 0 Å². The summed E-state index contributed by atoms with van der Waals surface area (Å²) in [5.41, 5.74) is 1.17. The maximum absolute atomic E-state index is 11.7. The smallest absolute Gasteiger partial charge is 0.323 e. The van der Waals surface area contributed by atoms with Crippen molar-refractivity contribution in [1.29, 1.82) is 0 Å². The number of carbonyl (C=O) groups is 1. The largest absolute Gasteiger partial charge is 0.468 e. The molecule has 1 saturated carbocycles. The highest BCUT2D eigenvalue weighted by atomic mass is 79.9. The van der Waals surface area contributed by atoms with Gasteiger partial charge in [0.15, 0.2) is 0 Å². The van der Waals surface area contributed by atoms with Crippen LogP contribution in [0.3, 0.4) is 0 Å². The molecular weight excluding hydrogens is 294 g/mol. The van der Waals surface area contributed by atoms with Crippen LogP contribution in [-0.2, 0) is 9.53 Å². The monoisotopic (exact) mass is 311 g/mol. The zero-order chi connectivity index (χ0) is 13.1. The van der Waals surface area contributed by atoms with Crippen molar-refractivity contribution in [2.45, 2.75) is 31.8 Å². The first-order chi connectivity index (χ1) is 8.61. The van der Waals surface area contributed by atoms with E-state index in [4.69, 9.17) is 4.74 Å². The lowest BCUT2D eigenvalue weighted by Gasteiger charge is -2.21. The molecule has 0 amide bonds. The van der Waals surface area contributed by atoms with E-state index < -0.39 is 0 Å². The number of rotatable bonds is 5. The minimum atomic E-state index is -0.173. The lowest BCUT2D eigenvalue weighted by Crippen LogP contribution is -2.40. The number of halogens is 1. The second-order valence-electron chi connectivity index (χ2n) is 4.78. The van der Waals surface area contributed by atoms with Crippen molar-refractivity contribution in [1.82, 2.24) is 5.32 Å². The van der Waals surface area contributed by atoms with Gasteiger partial charge in [0.25, 0.3) is 0 Å². The van der Waals surface area contributed by atoms with E-state index in [1.165, 1.54) is 12.7 Å². The highest BCUT2D eigenvalue weighted by Crippen LogP contribution is 2.34. The minimum Gasteiger partial charge on any atom is -0.468 e. The van der Waals surface area contributed by atoms with E-state index in [1.54, 1.807) is 0 Å². The van der Waals surface area contributed by atoms with Gasteiger partial charge in [-0.05, 0) is 43.4 Å². The van der Waals surface area contributed by atoms with Gasteiger partial charge in [-0.2, -0.15) is 0 Å². The van der Waals surface area contributed by atoms with Crippen molar-refractivity contribution in [2.75, 3.05) is 7.11 Å². The predicted octanol–water partition coefficient (Wildman–Crippen LogP) is 3.05. The molecule has 2 atom stereocenters. The number of hydrogen-bond donors (Lipinski definition) is 1. The fourth-order valence-corrected chi connectivity index (χ4v) is 2.33. The molecule has 1 fully saturated rings. The van der Waals surface area contributed by atoms with E-state index >= 15 is 0 Å². The molecule has 0 bridgehead atoms. The normalized spacial score (nSPS) is 18.2. The van der Waals surface area contributed by atoms with Crippen LogP contribution >= 0.6 is 15.9 Å². The van der Waals surface area contributed by atoms with Crippen LogP contribution in [0.1, 0.15) is 31.4 Å². The summed E-state index contributed by atoms with van der Waals surface area (Å²) < 4.78 is 5.92. The van der Waals surface area contributed by atoms with Crippen LogP contribution in [0, 0.1) is 5.92 Å². The van der Waals surface area contributed by atoms with Crippen molar-refractivity contribution in [3.05, 3.63) is 34.3 Å². The van der Waals surface area contributed by atoms with Crippen LogP contribution in [0.5, 0.6) is 0 Å². The average Bonchev–Trinajstić information content (AvgIpc) is 3.20. The number of ether oxygens (including phenoxy) is 1. The Hall–Kier alpha value is -0.870. The molecule has 98 valence electrons. The SMILES string of the molecule is COC(=O)C(NC(C)c1ccc(Br)cc1)C1CC1. The molecule has 2 rings (SSSR count). The molecular formula is C14H18BrNO2. The summed E-state index contributed by atoms with van der Waals surface area (Å²) in [6, 6.07) is 8.11. The highest BCUT2D eigenvalue weighted by molar-refractivity contribution is 9.10. The molecule has 1 aliphatic rings. The van der Waals surface area contributed by atoms with Crippen molar-refractivity contribution < 1.29 is 9.53 Å². The summed E-state index contributed by atoms with van der Waals surface area (Å²) in [6.45, 7) is 2.07. The van der Waals surface area contributed by atoms with Gasteiger partial charge in [0.1, 0.15) is 6.04 Å². The molecule has 1 aromatic rings. The Bertz CT molecular complexity index is 414. The second kappa shape index (κ2) is 5.85.